The van der Waals surface area contributed by atoms with Crippen molar-refractivity contribution in [2.75, 3.05) is 0 Å². The molecule has 0 bridgehead atoms. The molecule has 0 N–H and O–H groups in total. The van der Waals surface area contributed by atoms with E-state index in [-0.39, 0.29) is 33.0 Å². The second-order valence-electron chi connectivity index (χ2n) is 5.35. The fourth-order valence-corrected chi connectivity index (χ4v) is 4.00. The molecule has 3 aromatic carbocycles. The summed E-state index contributed by atoms with van der Waals surface area (Å²) in [5.74, 6) is 0.764. The van der Waals surface area contributed by atoms with Crippen LogP contribution in [0.2, 0.25) is 10.0 Å². The molecule has 0 saturated heterocycles. The Hall–Kier alpha value is -1.26. The molecule has 3 aromatic rings. The summed E-state index contributed by atoms with van der Waals surface area (Å²) in [5, 5.41) is 1.67. The number of benzene rings is 3. The van der Waals surface area contributed by atoms with Crippen molar-refractivity contribution in [3.63, 3.8) is 0 Å². The van der Waals surface area contributed by atoms with Gasteiger partial charge in [0.1, 0.15) is 12.4 Å². The van der Waals surface area contributed by atoms with Crippen LogP contribution in [0.1, 0.15) is 15.9 Å². The van der Waals surface area contributed by atoms with Crippen molar-refractivity contribution in [1.82, 2.24) is 0 Å². The molecule has 2 nitrogen and oxygen atoms in total. The summed E-state index contributed by atoms with van der Waals surface area (Å²) in [7, 11) is -0.0436. The van der Waals surface area contributed by atoms with E-state index in [1.54, 1.807) is 18.2 Å². The zero-order chi connectivity index (χ0) is 17.6. The van der Waals surface area contributed by atoms with E-state index in [0.29, 0.717) is 22.2 Å². The van der Waals surface area contributed by atoms with E-state index in [1.807, 2.05) is 54.6 Å². The third-order valence-corrected chi connectivity index (χ3v) is 5.28. The van der Waals surface area contributed by atoms with Gasteiger partial charge in [0.15, 0.2) is 5.52 Å². The molecular formula is C20H16Cl2LiO2P. The molecular weight excluding hydrogens is 381 g/mol. The standard InChI is InChI=1S/C20H15Cl2O2P.Li.H/c21-17-7-4-8-18(22)19(17)20(23)25-16-11-9-15(10-12-16)24-13-14-5-2-1-3-6-14;;/h1-12,25H,13H2;;. The number of carbonyl (C=O) groups excluding carboxylic acids is 1. The van der Waals surface area contributed by atoms with Crippen molar-refractivity contribution in [1.29, 1.82) is 0 Å². The van der Waals surface area contributed by atoms with Gasteiger partial charge in [-0.3, -0.25) is 4.79 Å². The van der Waals surface area contributed by atoms with E-state index in [2.05, 4.69) is 0 Å². The number of ether oxygens (including phenoxy) is 1. The molecule has 0 radical (unpaired) electrons. The van der Waals surface area contributed by atoms with Crippen molar-refractivity contribution in [3.8, 4) is 5.75 Å². The predicted octanol–water partition coefficient (Wildman–Crippen LogP) is 5.07. The summed E-state index contributed by atoms with van der Waals surface area (Å²) < 4.78 is 5.75. The van der Waals surface area contributed by atoms with E-state index in [1.165, 1.54) is 0 Å². The summed E-state index contributed by atoms with van der Waals surface area (Å²) >= 11 is 12.2. The summed E-state index contributed by atoms with van der Waals surface area (Å²) in [6.45, 7) is 0.511. The third kappa shape index (κ3) is 5.62. The normalized spacial score (nSPS) is 10.5. The van der Waals surface area contributed by atoms with Crippen LogP contribution in [0.15, 0.2) is 72.8 Å². The molecule has 6 heteroatoms. The first kappa shape index (κ1) is 21.0. The Bertz CT molecular complexity index is 850. The Labute approximate surface area is 176 Å². The van der Waals surface area contributed by atoms with Crippen LogP contribution in [0.25, 0.3) is 0 Å². The molecule has 0 heterocycles. The van der Waals surface area contributed by atoms with Crippen LogP contribution < -0.4 is 10.0 Å². The van der Waals surface area contributed by atoms with E-state index in [0.717, 1.165) is 16.6 Å². The third-order valence-electron chi connectivity index (χ3n) is 3.55. The first-order valence-electron chi connectivity index (χ1n) is 7.65. The number of rotatable bonds is 6. The topological polar surface area (TPSA) is 26.3 Å². The van der Waals surface area contributed by atoms with Gasteiger partial charge in [0.05, 0.1) is 15.6 Å². The van der Waals surface area contributed by atoms with E-state index >= 15 is 0 Å². The van der Waals surface area contributed by atoms with Gasteiger partial charge < -0.3 is 4.74 Å². The molecule has 26 heavy (non-hydrogen) atoms. The van der Waals surface area contributed by atoms with Crippen molar-refractivity contribution in [3.05, 3.63) is 94.0 Å². The van der Waals surface area contributed by atoms with Crippen molar-refractivity contribution >= 4 is 61.5 Å². The quantitative estimate of drug-likeness (QED) is 0.429. The van der Waals surface area contributed by atoms with E-state index < -0.39 is 0 Å². The van der Waals surface area contributed by atoms with E-state index in [4.69, 9.17) is 27.9 Å². The van der Waals surface area contributed by atoms with Gasteiger partial charge in [0, 0.05) is 0 Å². The molecule has 0 saturated carbocycles. The predicted molar refractivity (Wildman–Crippen MR) is 113 cm³/mol. The maximum atomic E-state index is 12.5. The van der Waals surface area contributed by atoms with Gasteiger partial charge in [-0.05, 0) is 43.7 Å². The Morgan fingerprint density at radius 2 is 1.46 bits per heavy atom. The van der Waals surface area contributed by atoms with Gasteiger partial charge in [-0.2, -0.15) is 0 Å². The summed E-state index contributed by atoms with van der Waals surface area (Å²) in [6.07, 6.45) is 0. The van der Waals surface area contributed by atoms with Crippen LogP contribution in [0.4, 0.5) is 0 Å². The van der Waals surface area contributed by atoms with Crippen LogP contribution in [0.5, 0.6) is 5.75 Å². The fourth-order valence-electron chi connectivity index (χ4n) is 2.28. The number of halogens is 2. The van der Waals surface area contributed by atoms with Gasteiger partial charge >= 0.3 is 18.9 Å². The molecule has 1 atom stereocenters. The second kappa shape index (κ2) is 10.2. The van der Waals surface area contributed by atoms with Crippen LogP contribution in [-0.2, 0) is 6.61 Å². The van der Waals surface area contributed by atoms with Crippen LogP contribution >= 0.6 is 31.8 Å². The summed E-state index contributed by atoms with van der Waals surface area (Å²) in [6, 6.07) is 22.6. The molecule has 0 fully saturated rings. The zero-order valence-electron chi connectivity index (χ0n) is 13.2. The number of carbonyl (C=O) groups is 1. The van der Waals surface area contributed by atoms with Crippen LogP contribution in [0.3, 0.4) is 0 Å². The van der Waals surface area contributed by atoms with Gasteiger partial charge in [0.2, 0.25) is 0 Å². The van der Waals surface area contributed by atoms with Gasteiger partial charge in [-0.15, -0.1) is 0 Å². The molecule has 0 aliphatic heterocycles. The molecule has 0 aliphatic rings. The summed E-state index contributed by atoms with van der Waals surface area (Å²) in [5.41, 5.74) is 1.42. The Kier molecular flexibility index (Phi) is 8.23. The van der Waals surface area contributed by atoms with Crippen LogP contribution in [0, 0.1) is 0 Å². The monoisotopic (exact) mass is 396 g/mol. The number of hydrogen-bond acceptors (Lipinski definition) is 2. The van der Waals surface area contributed by atoms with Crippen LogP contribution in [-0.4, -0.2) is 24.4 Å². The first-order valence-corrected chi connectivity index (χ1v) is 9.41. The maximum absolute atomic E-state index is 12.5. The van der Waals surface area contributed by atoms with Crippen molar-refractivity contribution in [2.45, 2.75) is 6.61 Å². The average Bonchev–Trinajstić information content (AvgIpc) is 2.62. The number of hydrogen-bond donors (Lipinski definition) is 0. The SMILES string of the molecule is O=C(Pc1ccc(OCc2ccccc2)cc1)c1c(Cl)cccc1Cl.[LiH]. The Morgan fingerprint density at radius 3 is 2.08 bits per heavy atom. The second-order valence-corrected chi connectivity index (χ2v) is 7.45. The molecule has 1 unspecified atom stereocenters. The average molecular weight is 397 g/mol. The zero-order valence-corrected chi connectivity index (χ0v) is 15.7. The molecule has 0 aromatic heterocycles. The molecule has 0 aliphatic carbocycles. The molecule has 3 rings (SSSR count). The fraction of sp³-hybridized carbons (Fsp3) is 0.0500. The van der Waals surface area contributed by atoms with Crippen molar-refractivity contribution < 1.29 is 9.53 Å². The Balaban J connectivity index is 0.00000243. The van der Waals surface area contributed by atoms with Gasteiger partial charge in [-0.1, -0.05) is 71.7 Å². The summed E-state index contributed by atoms with van der Waals surface area (Å²) in [4.78, 5) is 12.5. The molecule has 128 valence electrons. The van der Waals surface area contributed by atoms with E-state index in [9.17, 15) is 4.79 Å². The first-order chi connectivity index (χ1) is 12.1. The molecule has 0 amide bonds. The molecule has 0 spiro atoms. The van der Waals surface area contributed by atoms with Gasteiger partial charge in [0.25, 0.3) is 0 Å². The van der Waals surface area contributed by atoms with Crippen molar-refractivity contribution in [2.24, 2.45) is 0 Å². The Morgan fingerprint density at radius 1 is 0.846 bits per heavy atom. The van der Waals surface area contributed by atoms with Gasteiger partial charge in [-0.25, -0.2) is 0 Å². The minimum atomic E-state index is -0.0754. The minimum absolute atomic E-state index is 0.